The zero-order valence-electron chi connectivity index (χ0n) is 14.2. The molecule has 2 N–H and O–H groups in total. The maximum Gasteiger partial charge on any atom is 0.278 e. The molecule has 9 heteroatoms. The first-order chi connectivity index (χ1) is 12.9. The fraction of sp³-hybridized carbons (Fsp3) is 0.167. The van der Waals surface area contributed by atoms with E-state index in [2.05, 4.69) is 15.6 Å². The summed E-state index contributed by atoms with van der Waals surface area (Å²) in [6, 6.07) is 9.07. The van der Waals surface area contributed by atoms with E-state index in [-0.39, 0.29) is 11.3 Å². The summed E-state index contributed by atoms with van der Waals surface area (Å²) in [7, 11) is 0. The lowest BCUT2D eigenvalue weighted by Gasteiger charge is -2.07. The third kappa shape index (κ3) is 4.44. The van der Waals surface area contributed by atoms with Crippen molar-refractivity contribution in [2.75, 3.05) is 5.32 Å². The summed E-state index contributed by atoms with van der Waals surface area (Å²) in [6.07, 6.45) is 0. The number of anilines is 1. The topological polar surface area (TPSA) is 80.0 Å². The van der Waals surface area contributed by atoms with E-state index < -0.39 is 18.3 Å². The highest BCUT2D eigenvalue weighted by Crippen LogP contribution is 2.21. The number of hydrogen-bond donors (Lipinski definition) is 2. The standard InChI is InChI=1S/C18H15Cl2FN4O2/c1-10-17(18(27)22-15-2-3-16(21)12(6-15)9-26)23-24-25(10)8-11-4-13(19)7-14(20)5-11/h2-7,26H,8-9H2,1H3,(H,22,27). The van der Waals surface area contributed by atoms with Crippen LogP contribution in [-0.2, 0) is 13.2 Å². The number of nitrogens with one attached hydrogen (secondary N) is 1. The van der Waals surface area contributed by atoms with E-state index in [1.165, 1.54) is 18.2 Å². The van der Waals surface area contributed by atoms with Crippen LogP contribution in [0.3, 0.4) is 0 Å². The van der Waals surface area contributed by atoms with Crippen molar-refractivity contribution in [1.82, 2.24) is 15.0 Å². The number of aromatic nitrogens is 3. The second kappa shape index (κ2) is 8.04. The second-order valence-corrected chi connectivity index (χ2v) is 6.75. The van der Waals surface area contributed by atoms with Crippen LogP contribution in [0.15, 0.2) is 36.4 Å². The monoisotopic (exact) mass is 408 g/mol. The predicted octanol–water partition coefficient (Wildman–Crippen LogP) is 3.83. The van der Waals surface area contributed by atoms with E-state index in [0.717, 1.165) is 5.56 Å². The van der Waals surface area contributed by atoms with Crippen LogP contribution >= 0.6 is 23.2 Å². The van der Waals surface area contributed by atoms with Gasteiger partial charge in [0, 0.05) is 21.3 Å². The minimum atomic E-state index is -0.544. The third-order valence-electron chi connectivity index (χ3n) is 3.93. The molecule has 1 heterocycles. The molecule has 0 atom stereocenters. The van der Waals surface area contributed by atoms with Gasteiger partial charge in [0.2, 0.25) is 0 Å². The highest BCUT2D eigenvalue weighted by atomic mass is 35.5. The molecule has 3 aromatic rings. The van der Waals surface area contributed by atoms with Gasteiger partial charge in [0.15, 0.2) is 5.69 Å². The lowest BCUT2D eigenvalue weighted by Crippen LogP contribution is -2.15. The molecule has 3 rings (SSSR count). The Morgan fingerprint density at radius 2 is 1.93 bits per heavy atom. The van der Waals surface area contributed by atoms with E-state index >= 15 is 0 Å². The summed E-state index contributed by atoms with van der Waals surface area (Å²) in [5, 5.41) is 20.7. The third-order valence-corrected chi connectivity index (χ3v) is 4.36. The van der Waals surface area contributed by atoms with Crippen molar-refractivity contribution >= 4 is 34.8 Å². The van der Waals surface area contributed by atoms with E-state index in [1.54, 1.807) is 29.8 Å². The first-order valence-electron chi connectivity index (χ1n) is 7.93. The summed E-state index contributed by atoms with van der Waals surface area (Å²) < 4.78 is 15.0. The molecule has 0 spiro atoms. The lowest BCUT2D eigenvalue weighted by atomic mass is 10.2. The quantitative estimate of drug-likeness (QED) is 0.672. The molecule has 0 aliphatic heterocycles. The first kappa shape index (κ1) is 19.3. The summed E-state index contributed by atoms with van der Waals surface area (Å²) in [6.45, 7) is 1.59. The number of benzene rings is 2. The van der Waals surface area contributed by atoms with Crippen molar-refractivity contribution in [3.8, 4) is 0 Å². The van der Waals surface area contributed by atoms with Crippen LogP contribution in [0.5, 0.6) is 0 Å². The SMILES string of the molecule is Cc1c(C(=O)Nc2ccc(F)c(CO)c2)nnn1Cc1cc(Cl)cc(Cl)c1. The summed E-state index contributed by atoms with van der Waals surface area (Å²) in [5.74, 6) is -1.03. The van der Waals surface area contributed by atoms with Crippen LogP contribution in [0.1, 0.15) is 27.3 Å². The molecule has 0 unspecified atom stereocenters. The average molecular weight is 409 g/mol. The molecular formula is C18H15Cl2FN4O2. The van der Waals surface area contributed by atoms with Crippen LogP contribution < -0.4 is 5.32 Å². The van der Waals surface area contributed by atoms with Gasteiger partial charge in [-0.25, -0.2) is 9.07 Å². The minimum absolute atomic E-state index is 0.0889. The van der Waals surface area contributed by atoms with Crippen LogP contribution in [0, 0.1) is 12.7 Å². The Labute approximate surface area is 164 Å². The maximum absolute atomic E-state index is 13.4. The number of amides is 1. The van der Waals surface area contributed by atoms with Crippen LogP contribution in [0.25, 0.3) is 0 Å². The van der Waals surface area contributed by atoms with Gasteiger partial charge < -0.3 is 10.4 Å². The molecule has 0 aliphatic carbocycles. The van der Waals surface area contributed by atoms with Crippen molar-refractivity contribution in [3.05, 3.63) is 74.8 Å². The number of halogens is 3. The van der Waals surface area contributed by atoms with Gasteiger partial charge in [-0.2, -0.15) is 0 Å². The number of rotatable bonds is 5. The molecule has 2 aromatic carbocycles. The molecule has 0 saturated heterocycles. The maximum atomic E-state index is 13.4. The van der Waals surface area contributed by atoms with E-state index in [4.69, 9.17) is 28.3 Å². The smallest absolute Gasteiger partial charge is 0.278 e. The van der Waals surface area contributed by atoms with Gasteiger partial charge in [0.25, 0.3) is 5.91 Å². The summed E-state index contributed by atoms with van der Waals surface area (Å²) >= 11 is 12.0. The van der Waals surface area contributed by atoms with E-state index in [0.29, 0.717) is 28.0 Å². The number of carbonyl (C=O) groups is 1. The number of aliphatic hydroxyl groups excluding tert-OH is 1. The van der Waals surface area contributed by atoms with Crippen molar-refractivity contribution in [2.24, 2.45) is 0 Å². The summed E-state index contributed by atoms with van der Waals surface area (Å²) in [4.78, 5) is 12.5. The molecule has 0 radical (unpaired) electrons. The van der Waals surface area contributed by atoms with Gasteiger partial charge >= 0.3 is 0 Å². The summed E-state index contributed by atoms with van der Waals surface area (Å²) in [5.41, 5.74) is 1.94. The van der Waals surface area contributed by atoms with Crippen molar-refractivity contribution in [1.29, 1.82) is 0 Å². The minimum Gasteiger partial charge on any atom is -0.392 e. The number of nitrogens with zero attached hydrogens (tertiary/aromatic N) is 3. The number of carbonyl (C=O) groups excluding carboxylic acids is 1. The molecular weight excluding hydrogens is 394 g/mol. The van der Waals surface area contributed by atoms with Crippen LogP contribution in [0.4, 0.5) is 10.1 Å². The fourth-order valence-corrected chi connectivity index (χ4v) is 3.13. The number of hydrogen-bond acceptors (Lipinski definition) is 4. The second-order valence-electron chi connectivity index (χ2n) is 5.88. The predicted molar refractivity (Wildman–Crippen MR) is 101 cm³/mol. The molecule has 140 valence electrons. The molecule has 27 heavy (non-hydrogen) atoms. The largest absolute Gasteiger partial charge is 0.392 e. The Balaban J connectivity index is 1.79. The van der Waals surface area contributed by atoms with Crippen molar-refractivity contribution < 1.29 is 14.3 Å². The fourth-order valence-electron chi connectivity index (χ4n) is 2.56. The van der Waals surface area contributed by atoms with Gasteiger partial charge in [0.05, 0.1) is 18.8 Å². The van der Waals surface area contributed by atoms with Gasteiger partial charge in [-0.15, -0.1) is 5.10 Å². The zero-order chi connectivity index (χ0) is 19.6. The Bertz CT molecular complexity index is 987. The van der Waals surface area contributed by atoms with Gasteiger partial charge in [-0.05, 0) is 48.9 Å². The molecule has 1 amide bonds. The highest BCUT2D eigenvalue weighted by Gasteiger charge is 2.17. The molecule has 1 aromatic heterocycles. The highest BCUT2D eigenvalue weighted by molar-refractivity contribution is 6.34. The van der Waals surface area contributed by atoms with E-state index in [1.807, 2.05) is 0 Å². The van der Waals surface area contributed by atoms with Crippen molar-refractivity contribution in [3.63, 3.8) is 0 Å². The number of aliphatic hydroxyl groups is 1. The molecule has 0 aliphatic rings. The Morgan fingerprint density at radius 1 is 1.22 bits per heavy atom. The molecule has 0 saturated carbocycles. The Hall–Kier alpha value is -2.48. The Kier molecular flexibility index (Phi) is 5.74. The van der Waals surface area contributed by atoms with Gasteiger partial charge in [-0.1, -0.05) is 28.4 Å². The average Bonchev–Trinajstić information content (AvgIpc) is 2.96. The van der Waals surface area contributed by atoms with Crippen molar-refractivity contribution in [2.45, 2.75) is 20.1 Å². The molecule has 0 fully saturated rings. The van der Waals surface area contributed by atoms with E-state index in [9.17, 15) is 9.18 Å². The first-order valence-corrected chi connectivity index (χ1v) is 8.68. The van der Waals surface area contributed by atoms with Crippen LogP contribution in [0.2, 0.25) is 10.0 Å². The molecule has 0 bridgehead atoms. The van der Waals surface area contributed by atoms with Gasteiger partial charge in [0.1, 0.15) is 5.82 Å². The zero-order valence-corrected chi connectivity index (χ0v) is 15.7. The van der Waals surface area contributed by atoms with Gasteiger partial charge in [-0.3, -0.25) is 4.79 Å². The Morgan fingerprint density at radius 3 is 2.59 bits per heavy atom. The lowest BCUT2D eigenvalue weighted by molar-refractivity contribution is 0.102. The molecule has 6 nitrogen and oxygen atoms in total. The normalized spacial score (nSPS) is 10.9. The van der Waals surface area contributed by atoms with Crippen LogP contribution in [-0.4, -0.2) is 26.0 Å².